The first-order valence-electron chi connectivity index (χ1n) is 4.62. The number of halogens is 2. The van der Waals surface area contributed by atoms with Crippen LogP contribution in [0.25, 0.3) is 0 Å². The molecule has 1 aromatic rings. The largest absolute Gasteiger partial charge is 0.465 e. The number of rotatable bonds is 2. The molecule has 84 valence electrons. The van der Waals surface area contributed by atoms with E-state index in [1.165, 1.54) is 19.2 Å². The predicted molar refractivity (Wildman–Crippen MR) is 63.0 cm³/mol. The Morgan fingerprint density at radius 1 is 1.56 bits per heavy atom. The lowest BCUT2D eigenvalue weighted by Gasteiger charge is -2.01. The van der Waals surface area contributed by atoms with Crippen LogP contribution < -0.4 is 0 Å². The highest BCUT2D eigenvalue weighted by Gasteiger charge is 2.13. The van der Waals surface area contributed by atoms with E-state index in [9.17, 15) is 9.18 Å². The zero-order valence-electron chi connectivity index (χ0n) is 8.72. The molecule has 0 radical (unpaired) electrons. The van der Waals surface area contributed by atoms with Crippen molar-refractivity contribution in [3.8, 4) is 11.8 Å². The molecule has 0 aliphatic heterocycles. The van der Waals surface area contributed by atoms with E-state index >= 15 is 0 Å². The van der Waals surface area contributed by atoms with Crippen molar-refractivity contribution >= 4 is 21.9 Å². The van der Waals surface area contributed by atoms with Crippen LogP contribution in [0.5, 0.6) is 0 Å². The Hall–Kier alpha value is -1.34. The molecule has 0 spiro atoms. The number of hydrogen-bond donors (Lipinski definition) is 0. The van der Waals surface area contributed by atoms with Crippen LogP contribution in [0, 0.1) is 17.7 Å². The zero-order chi connectivity index (χ0) is 12.0. The van der Waals surface area contributed by atoms with Crippen molar-refractivity contribution in [1.82, 2.24) is 0 Å². The van der Waals surface area contributed by atoms with Gasteiger partial charge in [0.05, 0.1) is 18.2 Å². The number of carbonyl (C=O) groups excluding carboxylic acids is 1. The average Bonchev–Trinajstić information content (AvgIpc) is 2.30. The number of methoxy groups -OCH3 is 1. The summed E-state index contributed by atoms with van der Waals surface area (Å²) < 4.78 is 18.2. The monoisotopic (exact) mass is 284 g/mol. The van der Waals surface area contributed by atoms with Crippen LogP contribution in [-0.4, -0.2) is 18.4 Å². The first-order valence-corrected chi connectivity index (χ1v) is 5.74. The molecule has 0 aliphatic carbocycles. The number of alkyl halides is 1. The quantitative estimate of drug-likeness (QED) is 0.474. The number of benzene rings is 1. The highest BCUT2D eigenvalue weighted by atomic mass is 79.9. The zero-order valence-corrected chi connectivity index (χ0v) is 10.3. The molecule has 1 rings (SSSR count). The molecule has 0 aliphatic rings. The van der Waals surface area contributed by atoms with Gasteiger partial charge in [-0.25, -0.2) is 9.18 Å². The summed E-state index contributed by atoms with van der Waals surface area (Å²) in [5.74, 6) is 4.14. The molecule has 0 saturated carbocycles. The molecular weight excluding hydrogens is 275 g/mol. The van der Waals surface area contributed by atoms with E-state index in [0.29, 0.717) is 6.42 Å². The number of ether oxygens (including phenoxy) is 1. The highest BCUT2D eigenvalue weighted by Crippen LogP contribution is 2.13. The fraction of sp³-hybridized carbons (Fsp3) is 0.250. The van der Waals surface area contributed by atoms with E-state index < -0.39 is 11.8 Å². The van der Waals surface area contributed by atoms with Gasteiger partial charge in [0.1, 0.15) is 0 Å². The van der Waals surface area contributed by atoms with E-state index in [2.05, 4.69) is 32.5 Å². The van der Waals surface area contributed by atoms with Crippen LogP contribution in [0.1, 0.15) is 22.3 Å². The van der Waals surface area contributed by atoms with Crippen LogP contribution >= 0.6 is 15.9 Å². The van der Waals surface area contributed by atoms with Gasteiger partial charge in [0.2, 0.25) is 0 Å². The van der Waals surface area contributed by atoms with Crippen molar-refractivity contribution < 1.29 is 13.9 Å². The van der Waals surface area contributed by atoms with Crippen molar-refractivity contribution in [1.29, 1.82) is 0 Å². The molecule has 16 heavy (non-hydrogen) atoms. The van der Waals surface area contributed by atoms with Crippen LogP contribution in [-0.2, 0) is 4.74 Å². The topological polar surface area (TPSA) is 26.3 Å². The Labute approximate surface area is 102 Å². The number of hydrogen-bond acceptors (Lipinski definition) is 2. The summed E-state index contributed by atoms with van der Waals surface area (Å²) in [4.78, 5) is 11.2. The van der Waals surface area contributed by atoms with Gasteiger partial charge in [-0.05, 0) is 12.1 Å². The lowest BCUT2D eigenvalue weighted by molar-refractivity contribution is 0.0595. The summed E-state index contributed by atoms with van der Waals surface area (Å²) >= 11 is 3.22. The molecule has 0 atom stereocenters. The van der Waals surface area contributed by atoms with Gasteiger partial charge in [0.25, 0.3) is 0 Å². The number of carbonyl (C=O) groups is 1. The highest BCUT2D eigenvalue weighted by molar-refractivity contribution is 9.09. The molecule has 0 bridgehead atoms. The predicted octanol–water partition coefficient (Wildman–Crippen LogP) is 2.75. The van der Waals surface area contributed by atoms with Crippen molar-refractivity contribution in [2.45, 2.75) is 6.42 Å². The third-order valence-corrected chi connectivity index (χ3v) is 2.24. The maximum Gasteiger partial charge on any atom is 0.340 e. The Morgan fingerprint density at radius 2 is 2.31 bits per heavy atom. The van der Waals surface area contributed by atoms with Gasteiger partial charge in [-0.1, -0.05) is 33.8 Å². The Kier molecular flexibility index (Phi) is 5.00. The third kappa shape index (κ3) is 3.07. The molecule has 0 unspecified atom stereocenters. The minimum Gasteiger partial charge on any atom is -0.465 e. The van der Waals surface area contributed by atoms with E-state index in [0.717, 1.165) is 5.33 Å². The second kappa shape index (κ2) is 6.29. The van der Waals surface area contributed by atoms with Crippen LogP contribution in [0.3, 0.4) is 0 Å². The molecule has 0 amide bonds. The normalized spacial score (nSPS) is 9.19. The SMILES string of the molecule is COC(=O)c1cccc(C#CCCBr)c1F. The maximum absolute atomic E-state index is 13.7. The van der Waals surface area contributed by atoms with Crippen LogP contribution in [0.4, 0.5) is 4.39 Å². The third-order valence-electron chi connectivity index (χ3n) is 1.85. The minimum absolute atomic E-state index is 0.0897. The van der Waals surface area contributed by atoms with E-state index in [1.807, 2.05) is 0 Å². The molecule has 0 N–H and O–H groups in total. The summed E-state index contributed by atoms with van der Waals surface area (Å²) in [6.45, 7) is 0. The van der Waals surface area contributed by atoms with Crippen molar-refractivity contribution in [2.75, 3.05) is 12.4 Å². The summed E-state index contributed by atoms with van der Waals surface area (Å²) in [5.41, 5.74) is 0.122. The lowest BCUT2D eigenvalue weighted by atomic mass is 10.1. The minimum atomic E-state index is -0.693. The second-order valence-corrected chi connectivity index (χ2v) is 3.69. The van der Waals surface area contributed by atoms with E-state index in [1.54, 1.807) is 6.07 Å². The van der Waals surface area contributed by atoms with Crippen LogP contribution in [0.2, 0.25) is 0 Å². The van der Waals surface area contributed by atoms with Gasteiger partial charge in [0, 0.05) is 11.8 Å². The van der Waals surface area contributed by atoms with Crippen LogP contribution in [0.15, 0.2) is 18.2 Å². The van der Waals surface area contributed by atoms with E-state index in [4.69, 9.17) is 0 Å². The fourth-order valence-electron chi connectivity index (χ4n) is 1.10. The van der Waals surface area contributed by atoms with Crippen molar-refractivity contribution in [3.63, 3.8) is 0 Å². The molecule has 0 fully saturated rings. The molecule has 4 heteroatoms. The Morgan fingerprint density at radius 3 is 2.94 bits per heavy atom. The summed E-state index contributed by atoms with van der Waals surface area (Å²) in [7, 11) is 1.21. The second-order valence-electron chi connectivity index (χ2n) is 2.90. The Bertz CT molecular complexity index is 446. The maximum atomic E-state index is 13.7. The summed E-state index contributed by atoms with van der Waals surface area (Å²) in [6.07, 6.45) is 0.627. The summed E-state index contributed by atoms with van der Waals surface area (Å²) in [6, 6.07) is 4.48. The van der Waals surface area contributed by atoms with Gasteiger partial charge in [0.15, 0.2) is 5.82 Å². The van der Waals surface area contributed by atoms with Crippen molar-refractivity contribution in [2.24, 2.45) is 0 Å². The molecule has 2 nitrogen and oxygen atoms in total. The van der Waals surface area contributed by atoms with Gasteiger partial charge in [-0.15, -0.1) is 0 Å². The van der Waals surface area contributed by atoms with Gasteiger partial charge in [-0.2, -0.15) is 0 Å². The van der Waals surface area contributed by atoms with Crippen molar-refractivity contribution in [3.05, 3.63) is 35.1 Å². The first-order chi connectivity index (χ1) is 7.70. The van der Waals surface area contributed by atoms with Gasteiger partial charge < -0.3 is 4.74 Å². The molecule has 0 heterocycles. The van der Waals surface area contributed by atoms with E-state index in [-0.39, 0.29) is 11.1 Å². The molecular formula is C12H10BrFO2. The number of esters is 1. The molecule has 0 saturated heterocycles. The fourth-order valence-corrected chi connectivity index (χ4v) is 1.30. The molecule has 0 aromatic heterocycles. The van der Waals surface area contributed by atoms with Gasteiger partial charge >= 0.3 is 5.97 Å². The lowest BCUT2D eigenvalue weighted by Crippen LogP contribution is -2.05. The standard InChI is InChI=1S/C12H10BrFO2/c1-16-12(15)10-7-4-6-9(11(10)14)5-2-3-8-13/h4,6-7H,3,8H2,1H3. The average molecular weight is 285 g/mol. The molecule has 1 aromatic carbocycles. The first kappa shape index (κ1) is 12.7. The van der Waals surface area contributed by atoms with Gasteiger partial charge in [-0.3, -0.25) is 0 Å². The smallest absolute Gasteiger partial charge is 0.340 e. The summed E-state index contributed by atoms with van der Waals surface area (Å²) in [5, 5.41) is 0.734. The Balaban J connectivity index is 3.05.